The average Bonchev–Trinajstić information content (AvgIpc) is 2.65. The molecule has 0 radical (unpaired) electrons. The first kappa shape index (κ1) is 28.6. The van der Waals surface area contributed by atoms with E-state index in [-0.39, 0.29) is 41.4 Å². The Bertz CT molecular complexity index is 832. The largest absolute Gasteiger partial charge is 2.00 e. The molecule has 0 heterocycles. The number of benzene rings is 2. The smallest absolute Gasteiger partial charge is 0.545 e. The topological polar surface area (TPSA) is 98.7 Å². The molecule has 0 saturated carbocycles. The van der Waals surface area contributed by atoms with Crippen LogP contribution in [0, 0.1) is 0 Å². The Balaban J connectivity index is 0.000000562. The quantitative estimate of drug-likeness (QED) is 0.625. The summed E-state index contributed by atoms with van der Waals surface area (Å²) in [6.07, 6.45) is 0. The van der Waals surface area contributed by atoms with Gasteiger partial charge in [-0.1, -0.05) is 53.7 Å². The third kappa shape index (κ3) is 7.99. The number of carbonyl (C=O) groups is 2. The maximum absolute atomic E-state index is 10.9. The van der Waals surface area contributed by atoms with E-state index in [1.807, 2.05) is 53.7 Å². The molecular formula is C24H30O6Zn. The van der Waals surface area contributed by atoms with Crippen LogP contribution in [0.15, 0.2) is 36.4 Å². The van der Waals surface area contributed by atoms with Crippen LogP contribution >= 0.6 is 0 Å². The third-order valence-corrected chi connectivity index (χ3v) is 4.57. The van der Waals surface area contributed by atoms with Crippen molar-refractivity contribution in [3.8, 4) is 11.5 Å². The maximum Gasteiger partial charge on any atom is 2.00 e. The van der Waals surface area contributed by atoms with Crippen LogP contribution in [0.25, 0.3) is 0 Å². The molecule has 0 atom stereocenters. The summed E-state index contributed by atoms with van der Waals surface area (Å²) in [5.74, 6) is -1.75. The minimum absolute atomic E-state index is 0. The molecule has 31 heavy (non-hydrogen) atoms. The summed E-state index contributed by atoms with van der Waals surface area (Å²) in [6.45, 7) is 12.1. The molecule has 0 unspecified atom stereocenters. The summed E-state index contributed by atoms with van der Waals surface area (Å²) >= 11 is 0. The molecule has 0 saturated heterocycles. The number of rotatable bonds is 4. The van der Waals surface area contributed by atoms with Gasteiger partial charge < -0.3 is 29.3 Å². The molecule has 0 bridgehead atoms. The van der Waals surface area contributed by atoms with Crippen LogP contribution < -0.4 is 19.7 Å². The second-order valence-corrected chi connectivity index (χ2v) is 8.91. The van der Waals surface area contributed by atoms with Gasteiger partial charge in [-0.15, -0.1) is 0 Å². The van der Waals surface area contributed by atoms with E-state index in [0.717, 1.165) is 11.1 Å². The summed E-state index contributed by atoms with van der Waals surface area (Å²) in [6, 6.07) is 10.3. The van der Waals surface area contributed by atoms with Crippen LogP contribution in [0.2, 0.25) is 0 Å². The second kappa shape index (κ2) is 11.3. The number of hydrogen-bond donors (Lipinski definition) is 0. The van der Waals surface area contributed by atoms with E-state index >= 15 is 0 Å². The van der Waals surface area contributed by atoms with Gasteiger partial charge >= 0.3 is 19.5 Å². The molecule has 0 aliphatic heterocycles. The van der Waals surface area contributed by atoms with Crippen molar-refractivity contribution in [1.82, 2.24) is 0 Å². The molecule has 164 valence electrons. The summed E-state index contributed by atoms with van der Waals surface area (Å²) in [4.78, 5) is 21.7. The fourth-order valence-electron chi connectivity index (χ4n) is 2.67. The standard InChI is InChI=1S/2C12H16O3.Zn/c2*1-12(2,3)8-5-6-10(15-4)9(7-8)11(13)14;/h2*5-7H,1-4H3,(H,13,14);/q;;+2/p-2. The molecule has 6 nitrogen and oxygen atoms in total. The Morgan fingerprint density at radius 1 is 0.677 bits per heavy atom. The van der Waals surface area contributed by atoms with Gasteiger partial charge in [-0.2, -0.15) is 0 Å². The molecule has 0 spiro atoms. The number of methoxy groups -OCH3 is 2. The van der Waals surface area contributed by atoms with E-state index in [4.69, 9.17) is 9.47 Å². The zero-order chi connectivity index (χ0) is 23.3. The van der Waals surface area contributed by atoms with Crippen LogP contribution in [0.5, 0.6) is 11.5 Å². The van der Waals surface area contributed by atoms with Crippen molar-refractivity contribution in [2.45, 2.75) is 52.4 Å². The first-order valence-electron chi connectivity index (χ1n) is 9.52. The molecule has 2 rings (SSSR count). The van der Waals surface area contributed by atoms with E-state index in [1.54, 1.807) is 24.3 Å². The summed E-state index contributed by atoms with van der Waals surface area (Å²) < 4.78 is 9.91. The van der Waals surface area contributed by atoms with Crippen molar-refractivity contribution in [2.75, 3.05) is 14.2 Å². The summed E-state index contributed by atoms with van der Waals surface area (Å²) in [7, 11) is 2.89. The number of hydrogen-bond acceptors (Lipinski definition) is 6. The fraction of sp³-hybridized carbons (Fsp3) is 0.417. The molecule has 0 amide bonds. The minimum atomic E-state index is -1.21. The Labute approximate surface area is 197 Å². The Morgan fingerprint density at radius 3 is 1.16 bits per heavy atom. The van der Waals surface area contributed by atoms with Gasteiger partial charge in [-0.05, 0) is 46.2 Å². The summed E-state index contributed by atoms with van der Waals surface area (Å²) in [5.41, 5.74) is 1.92. The number of carboxylic acids is 2. The normalized spacial score (nSPS) is 10.8. The predicted octanol–water partition coefficient (Wildman–Crippen LogP) is 2.71. The van der Waals surface area contributed by atoms with E-state index in [9.17, 15) is 19.8 Å². The number of ether oxygens (including phenoxy) is 2. The van der Waals surface area contributed by atoms with Gasteiger partial charge in [0, 0.05) is 11.1 Å². The Morgan fingerprint density at radius 2 is 0.968 bits per heavy atom. The van der Waals surface area contributed by atoms with Crippen molar-refractivity contribution < 1.29 is 48.8 Å². The van der Waals surface area contributed by atoms with Crippen LogP contribution in [0.4, 0.5) is 0 Å². The van der Waals surface area contributed by atoms with Crippen molar-refractivity contribution >= 4 is 11.9 Å². The third-order valence-electron chi connectivity index (χ3n) is 4.57. The molecule has 2 aromatic carbocycles. The molecule has 7 heteroatoms. The number of carbonyl (C=O) groups excluding carboxylic acids is 2. The van der Waals surface area contributed by atoms with E-state index in [0.29, 0.717) is 11.5 Å². The molecule has 0 fully saturated rings. The molecule has 0 aliphatic carbocycles. The van der Waals surface area contributed by atoms with Gasteiger partial charge in [0.25, 0.3) is 0 Å². The van der Waals surface area contributed by atoms with Gasteiger partial charge in [0.05, 0.1) is 26.2 Å². The van der Waals surface area contributed by atoms with Gasteiger partial charge in [0.2, 0.25) is 0 Å². The van der Waals surface area contributed by atoms with E-state index in [2.05, 4.69) is 0 Å². The zero-order valence-corrected chi connectivity index (χ0v) is 22.6. The Hall–Kier alpha value is -2.40. The first-order valence-corrected chi connectivity index (χ1v) is 9.52. The average molecular weight is 480 g/mol. The molecule has 0 aliphatic rings. The van der Waals surface area contributed by atoms with Crippen LogP contribution in [0.1, 0.15) is 73.4 Å². The van der Waals surface area contributed by atoms with Crippen molar-refractivity contribution in [2.24, 2.45) is 0 Å². The van der Waals surface area contributed by atoms with Crippen molar-refractivity contribution in [3.63, 3.8) is 0 Å². The fourth-order valence-corrected chi connectivity index (χ4v) is 2.67. The van der Waals surface area contributed by atoms with Crippen molar-refractivity contribution in [1.29, 1.82) is 0 Å². The van der Waals surface area contributed by atoms with Gasteiger partial charge in [-0.25, -0.2) is 0 Å². The number of carboxylic acid groups (broad SMARTS) is 2. The van der Waals surface area contributed by atoms with Crippen molar-refractivity contribution in [3.05, 3.63) is 58.7 Å². The summed E-state index contributed by atoms with van der Waals surface area (Å²) in [5, 5.41) is 21.7. The first-order chi connectivity index (χ1) is 13.7. The monoisotopic (exact) mass is 478 g/mol. The second-order valence-electron chi connectivity index (χ2n) is 8.91. The van der Waals surface area contributed by atoms with E-state index < -0.39 is 11.9 Å². The van der Waals surface area contributed by atoms with Gasteiger partial charge in [0.15, 0.2) is 0 Å². The molecule has 0 aromatic heterocycles. The van der Waals surface area contributed by atoms with E-state index in [1.165, 1.54) is 14.2 Å². The van der Waals surface area contributed by atoms with Crippen LogP contribution in [0.3, 0.4) is 0 Å². The SMILES string of the molecule is COc1ccc(C(C)(C)C)cc1C(=O)[O-].COc1ccc(C(C)(C)C)cc1C(=O)[O-].[Zn+2]. The van der Waals surface area contributed by atoms with Crippen LogP contribution in [-0.2, 0) is 30.3 Å². The Kier molecular flexibility index (Phi) is 10.4. The molecule has 0 N–H and O–H groups in total. The number of aromatic carboxylic acids is 2. The molecule has 2 aromatic rings. The van der Waals surface area contributed by atoms with Crippen LogP contribution in [-0.4, -0.2) is 26.2 Å². The molecular weight excluding hydrogens is 450 g/mol. The minimum Gasteiger partial charge on any atom is -0.545 e. The zero-order valence-electron chi connectivity index (χ0n) is 19.6. The predicted molar refractivity (Wildman–Crippen MR) is 112 cm³/mol. The van der Waals surface area contributed by atoms with Gasteiger partial charge in [0.1, 0.15) is 11.5 Å². The van der Waals surface area contributed by atoms with Gasteiger partial charge in [-0.3, -0.25) is 0 Å². The maximum atomic E-state index is 10.9.